The third kappa shape index (κ3) is 22.7. The SMILES string of the molecule is CN[C@@H](Cc1c[nH]c2ccccc12)C(=O)NC(CCCNC(=O)CCC(NC(=O)[C@H](CCCNC(=N)N)NC(C)=O)C(=O)N[C@@H](CCN)C(=O)NC(Cc1ccccc1)C(=O)N[C@H](C=O)CCCNC(=N)N)C(=O)O. The van der Waals surface area contributed by atoms with E-state index in [-0.39, 0.29) is 102 Å². The highest BCUT2D eigenvalue weighted by Gasteiger charge is 2.32. The number of H-pyrrole nitrogens is 1. The number of rotatable bonds is 35. The molecule has 0 aliphatic carbocycles. The third-order valence-corrected chi connectivity index (χ3v) is 11.8. The summed E-state index contributed by atoms with van der Waals surface area (Å²) >= 11 is 0. The number of carboxylic acids is 1. The highest BCUT2D eigenvalue weighted by atomic mass is 16.4. The number of aromatic nitrogens is 1. The molecule has 1 heterocycles. The Labute approximate surface area is 434 Å². The predicted octanol–water partition coefficient (Wildman–Crippen LogP) is -2.69. The number of aldehydes is 1. The Morgan fingerprint density at radius 2 is 1.12 bits per heavy atom. The van der Waals surface area contributed by atoms with Crippen LogP contribution in [0.5, 0.6) is 0 Å². The lowest BCUT2D eigenvalue weighted by Gasteiger charge is -2.27. The van der Waals surface area contributed by atoms with Gasteiger partial charge < -0.3 is 85.3 Å². The van der Waals surface area contributed by atoms with E-state index in [9.17, 15) is 48.3 Å². The molecule has 3 aromatic rings. The summed E-state index contributed by atoms with van der Waals surface area (Å²) in [5.41, 5.74) is 19.0. The molecule has 3 rings (SSSR count). The smallest absolute Gasteiger partial charge is 0.326 e. The molecule has 0 saturated carbocycles. The number of likely N-dealkylation sites (N-methyl/N-ethyl adjacent to an activating group) is 1. The highest BCUT2D eigenvalue weighted by molar-refractivity contribution is 5.96. The van der Waals surface area contributed by atoms with Crippen molar-refractivity contribution in [2.75, 3.05) is 33.2 Å². The van der Waals surface area contributed by atoms with E-state index in [1.807, 2.05) is 24.3 Å². The number of para-hydroxylation sites is 1. The zero-order valence-electron chi connectivity index (χ0n) is 42.4. The van der Waals surface area contributed by atoms with Gasteiger partial charge in [-0.05, 0) is 88.6 Å². The number of amides is 7. The van der Waals surface area contributed by atoms with Crippen molar-refractivity contribution >= 4 is 76.4 Å². The lowest BCUT2D eigenvalue weighted by Crippen LogP contribution is -2.59. The Morgan fingerprint density at radius 1 is 0.613 bits per heavy atom. The van der Waals surface area contributed by atoms with Crippen molar-refractivity contribution in [3.05, 3.63) is 71.9 Å². The summed E-state index contributed by atoms with van der Waals surface area (Å²) in [5.74, 6) is -6.78. The maximum atomic E-state index is 14.2. The lowest BCUT2D eigenvalue weighted by atomic mass is 10.0. The van der Waals surface area contributed by atoms with Gasteiger partial charge in [0.15, 0.2) is 11.9 Å². The summed E-state index contributed by atoms with van der Waals surface area (Å²) in [6, 6.07) is 7.97. The first kappa shape index (κ1) is 61.2. The molecular formula is C49H74N16O10. The molecule has 26 nitrogen and oxygen atoms in total. The highest BCUT2D eigenvalue weighted by Crippen LogP contribution is 2.19. The summed E-state index contributed by atoms with van der Waals surface area (Å²) in [6.07, 6.45) is 2.70. The van der Waals surface area contributed by atoms with Gasteiger partial charge in [-0.15, -0.1) is 0 Å². The molecule has 20 N–H and O–H groups in total. The number of benzene rings is 2. The molecule has 410 valence electrons. The maximum Gasteiger partial charge on any atom is 0.326 e. The normalized spacial score (nSPS) is 13.7. The Balaban J connectivity index is 1.74. The van der Waals surface area contributed by atoms with E-state index in [4.69, 9.17) is 28.0 Å². The molecule has 7 amide bonds. The molecule has 26 heteroatoms. The van der Waals surface area contributed by atoms with Gasteiger partial charge in [0.25, 0.3) is 0 Å². The van der Waals surface area contributed by atoms with Crippen LogP contribution in [0, 0.1) is 10.8 Å². The number of fused-ring (bicyclic) bond motifs is 1. The predicted molar refractivity (Wildman–Crippen MR) is 279 cm³/mol. The number of carbonyl (C=O) groups excluding carboxylic acids is 8. The summed E-state index contributed by atoms with van der Waals surface area (Å²) in [5, 5.41) is 52.0. The Morgan fingerprint density at radius 3 is 1.69 bits per heavy atom. The minimum absolute atomic E-state index is 0.0195. The first-order valence-electron chi connectivity index (χ1n) is 24.7. The topological polar surface area (TPSA) is 436 Å². The van der Waals surface area contributed by atoms with Crippen molar-refractivity contribution in [1.82, 2.24) is 58.2 Å². The van der Waals surface area contributed by atoms with Gasteiger partial charge in [-0.25, -0.2) is 4.79 Å². The van der Waals surface area contributed by atoms with Crippen molar-refractivity contribution in [3.8, 4) is 0 Å². The number of aliphatic carboxylic acids is 1. The molecular weight excluding hydrogens is 973 g/mol. The van der Waals surface area contributed by atoms with Crippen LogP contribution >= 0.6 is 0 Å². The van der Waals surface area contributed by atoms with Crippen LogP contribution in [0.25, 0.3) is 10.9 Å². The van der Waals surface area contributed by atoms with Gasteiger partial charge >= 0.3 is 5.97 Å². The average molecular weight is 1050 g/mol. The van der Waals surface area contributed by atoms with Gasteiger partial charge in [0.05, 0.1) is 12.1 Å². The van der Waals surface area contributed by atoms with Crippen molar-refractivity contribution in [1.29, 1.82) is 10.8 Å². The fourth-order valence-electron chi connectivity index (χ4n) is 7.90. The van der Waals surface area contributed by atoms with Crippen LogP contribution in [-0.2, 0) is 56.0 Å². The number of hydrogen-bond acceptors (Lipinski definition) is 13. The maximum absolute atomic E-state index is 14.2. The zero-order valence-corrected chi connectivity index (χ0v) is 42.4. The number of hydrogen-bond donors (Lipinski definition) is 17. The molecule has 0 spiro atoms. The summed E-state index contributed by atoms with van der Waals surface area (Å²) in [6.45, 7) is 1.49. The molecule has 0 fully saturated rings. The lowest BCUT2D eigenvalue weighted by molar-refractivity contribution is -0.142. The quantitative estimate of drug-likeness (QED) is 0.0123. The van der Waals surface area contributed by atoms with Crippen LogP contribution in [0.15, 0.2) is 60.8 Å². The standard InChI is InChI=1S/C49H74N16O10/c1-29(67)60-35(16-9-24-58-49(53)54)42(69)62-36(18-19-41(68)56-22-10-17-38(47(74)75)64-45(72)39(55-2)26-31-27-59-34-15-7-6-14-33(31)34)43(70)63-37(20-21-50)44(71)65-40(25-30-11-4-3-5-12-30)46(73)61-32(28-66)13-8-23-57-48(51)52/h3-7,11-12,14-15,27-28,32,35-40,55,59H,8-10,13,16-26,50H2,1-2H3,(H,56,68)(H,60,67)(H,61,73)(H,62,69)(H,63,70)(H,64,72)(H,65,71)(H,74,75)(H4,51,52,57)(H4,53,54,58)/t32-,35-,36?,37-,38?,39-,40?/m0/s1. The van der Waals surface area contributed by atoms with Crippen LogP contribution < -0.4 is 70.4 Å². The van der Waals surface area contributed by atoms with Crippen LogP contribution in [0.4, 0.5) is 0 Å². The van der Waals surface area contributed by atoms with Crippen LogP contribution in [0.3, 0.4) is 0 Å². The molecule has 0 aliphatic heterocycles. The number of carbonyl (C=O) groups is 9. The van der Waals surface area contributed by atoms with Crippen LogP contribution in [0.1, 0.15) is 75.8 Å². The fourth-order valence-corrected chi connectivity index (χ4v) is 7.90. The van der Waals surface area contributed by atoms with E-state index in [0.717, 1.165) is 16.5 Å². The molecule has 1 aromatic heterocycles. The molecule has 0 aliphatic rings. The molecule has 7 atom stereocenters. The van der Waals surface area contributed by atoms with Crippen molar-refractivity contribution in [2.45, 2.75) is 120 Å². The Hall–Kier alpha value is -8.13. The summed E-state index contributed by atoms with van der Waals surface area (Å²) in [4.78, 5) is 122. The van der Waals surface area contributed by atoms with Gasteiger partial charge in [-0.1, -0.05) is 48.5 Å². The summed E-state index contributed by atoms with van der Waals surface area (Å²) < 4.78 is 0. The van der Waals surface area contributed by atoms with Gasteiger partial charge in [-0.2, -0.15) is 0 Å². The number of carboxylic acid groups (broad SMARTS) is 1. The van der Waals surface area contributed by atoms with Gasteiger partial charge in [0.2, 0.25) is 41.4 Å². The van der Waals surface area contributed by atoms with Gasteiger partial charge in [-0.3, -0.25) is 44.4 Å². The van der Waals surface area contributed by atoms with Crippen LogP contribution in [-0.4, -0.2) is 151 Å². The Kier molecular flexibility index (Phi) is 26.8. The second-order valence-electron chi connectivity index (χ2n) is 17.8. The first-order chi connectivity index (χ1) is 35.8. The van der Waals surface area contributed by atoms with E-state index >= 15 is 0 Å². The number of nitrogens with one attached hydrogen (secondary N) is 13. The molecule has 0 radical (unpaired) electrons. The monoisotopic (exact) mass is 1050 g/mol. The van der Waals surface area contributed by atoms with E-state index < -0.39 is 89.6 Å². The number of nitrogens with two attached hydrogens (primary N) is 3. The van der Waals surface area contributed by atoms with Crippen LogP contribution in [0.2, 0.25) is 0 Å². The number of guanidine groups is 2. The molecule has 0 saturated heterocycles. The second kappa shape index (κ2) is 32.8. The van der Waals surface area contributed by atoms with Crippen molar-refractivity contribution in [3.63, 3.8) is 0 Å². The van der Waals surface area contributed by atoms with Gasteiger partial charge in [0.1, 0.15) is 36.5 Å². The largest absolute Gasteiger partial charge is 0.480 e. The zero-order chi connectivity index (χ0) is 55.3. The fraction of sp³-hybridized carbons (Fsp3) is 0.490. The minimum Gasteiger partial charge on any atom is -0.480 e. The first-order valence-corrected chi connectivity index (χ1v) is 24.7. The summed E-state index contributed by atoms with van der Waals surface area (Å²) in [7, 11) is 1.60. The third-order valence-electron chi connectivity index (χ3n) is 11.8. The number of aromatic amines is 1. The van der Waals surface area contributed by atoms with Gasteiger partial charge in [0, 0.05) is 56.5 Å². The molecule has 75 heavy (non-hydrogen) atoms. The molecule has 3 unspecified atom stereocenters. The van der Waals surface area contributed by atoms with Crippen molar-refractivity contribution in [2.24, 2.45) is 17.2 Å². The molecule has 2 aromatic carbocycles. The van der Waals surface area contributed by atoms with E-state index in [1.165, 1.54) is 6.92 Å². The van der Waals surface area contributed by atoms with Crippen molar-refractivity contribution < 1.29 is 48.3 Å². The van der Waals surface area contributed by atoms with E-state index in [1.54, 1.807) is 43.6 Å². The van der Waals surface area contributed by atoms with E-state index in [2.05, 4.69) is 58.2 Å². The minimum atomic E-state index is -1.49. The van der Waals surface area contributed by atoms with E-state index in [0.29, 0.717) is 18.3 Å². The molecule has 0 bridgehead atoms. The average Bonchev–Trinajstić information content (AvgIpc) is 3.78. The Bertz CT molecular complexity index is 2400. The second-order valence-corrected chi connectivity index (χ2v) is 17.8.